The van der Waals surface area contributed by atoms with Gasteiger partial charge in [-0.15, -0.1) is 0 Å². The second-order valence-electron chi connectivity index (χ2n) is 9.39. The average molecular weight is 506 g/mol. The van der Waals surface area contributed by atoms with Crippen molar-refractivity contribution in [3.63, 3.8) is 0 Å². The minimum absolute atomic E-state index is 0.0251. The highest BCUT2D eigenvalue weighted by Crippen LogP contribution is 2.21. The molecule has 2 aromatic rings. The lowest BCUT2D eigenvalue weighted by Gasteiger charge is -2.38. The van der Waals surface area contributed by atoms with Crippen molar-refractivity contribution in [3.8, 4) is 0 Å². The molecule has 1 amide bonds. The van der Waals surface area contributed by atoms with Crippen LogP contribution in [0.25, 0.3) is 0 Å². The summed E-state index contributed by atoms with van der Waals surface area (Å²) in [4.78, 5) is 28.5. The van der Waals surface area contributed by atoms with Crippen LogP contribution in [0.4, 0.5) is 11.6 Å². The van der Waals surface area contributed by atoms with Crippen molar-refractivity contribution in [2.24, 2.45) is 0 Å². The van der Waals surface area contributed by atoms with E-state index in [-0.39, 0.29) is 24.3 Å². The van der Waals surface area contributed by atoms with E-state index >= 15 is 0 Å². The van der Waals surface area contributed by atoms with Gasteiger partial charge < -0.3 is 26.0 Å². The number of aliphatic hydroxyl groups is 1. The van der Waals surface area contributed by atoms with Gasteiger partial charge in [-0.3, -0.25) is 9.78 Å². The van der Waals surface area contributed by atoms with E-state index in [0.29, 0.717) is 24.1 Å². The van der Waals surface area contributed by atoms with Crippen molar-refractivity contribution in [2.75, 3.05) is 25.0 Å². The monoisotopic (exact) mass is 505 g/mol. The third kappa shape index (κ3) is 8.03. The van der Waals surface area contributed by atoms with Crippen molar-refractivity contribution in [2.45, 2.75) is 65.5 Å². The summed E-state index contributed by atoms with van der Waals surface area (Å²) in [5.41, 5.74) is 4.45. The van der Waals surface area contributed by atoms with Gasteiger partial charge in [0.2, 0.25) is 5.95 Å². The lowest BCUT2D eigenvalue weighted by atomic mass is 9.96. The van der Waals surface area contributed by atoms with E-state index in [2.05, 4.69) is 34.4 Å². The summed E-state index contributed by atoms with van der Waals surface area (Å²) in [6.07, 6.45) is 12.0. The smallest absolute Gasteiger partial charge is 0.254 e. The third-order valence-corrected chi connectivity index (χ3v) is 6.51. The zero-order valence-electron chi connectivity index (χ0n) is 22.3. The number of rotatable bonds is 11. The molecule has 1 fully saturated rings. The highest BCUT2D eigenvalue weighted by atomic mass is 16.3. The Hall–Kier alpha value is -3.43. The van der Waals surface area contributed by atoms with Gasteiger partial charge in [-0.1, -0.05) is 19.1 Å². The van der Waals surface area contributed by atoms with E-state index in [1.165, 1.54) is 6.08 Å². The minimum Gasteiger partial charge on any atom is -0.390 e. The van der Waals surface area contributed by atoms with Crippen molar-refractivity contribution < 1.29 is 9.90 Å². The van der Waals surface area contributed by atoms with Crippen LogP contribution in [0, 0.1) is 12.3 Å². The molecule has 0 aliphatic carbocycles. The van der Waals surface area contributed by atoms with Crippen molar-refractivity contribution in [1.82, 2.24) is 25.2 Å². The number of allylic oxidation sites excluding steroid dienone is 1. The van der Waals surface area contributed by atoms with E-state index in [1.54, 1.807) is 18.3 Å². The van der Waals surface area contributed by atoms with Gasteiger partial charge in [-0.25, -0.2) is 9.97 Å². The predicted molar refractivity (Wildman–Crippen MR) is 147 cm³/mol. The third-order valence-electron chi connectivity index (χ3n) is 6.51. The zero-order chi connectivity index (χ0) is 26.8. The van der Waals surface area contributed by atoms with Gasteiger partial charge in [0.1, 0.15) is 0 Å². The van der Waals surface area contributed by atoms with Crippen LogP contribution in [-0.2, 0) is 17.6 Å². The highest BCUT2D eigenvalue weighted by Gasteiger charge is 2.29. The number of aromatic nitrogens is 3. The Morgan fingerprint density at radius 3 is 2.76 bits per heavy atom. The number of likely N-dealkylation sites (tertiary alicyclic amines) is 1. The Balaban J connectivity index is 1.53. The molecule has 2 aromatic heterocycles. The molecule has 1 saturated heterocycles. The van der Waals surface area contributed by atoms with Gasteiger partial charge in [0.05, 0.1) is 24.2 Å². The number of aliphatic hydroxyl groups excluding tert-OH is 1. The molecule has 4 N–H and O–H groups in total. The molecule has 2 atom stereocenters. The number of aryl methyl sites for hydroxylation is 2. The van der Waals surface area contributed by atoms with Gasteiger partial charge in [-0.05, 0) is 76.8 Å². The molecule has 37 heavy (non-hydrogen) atoms. The van der Waals surface area contributed by atoms with Crippen LogP contribution in [0.5, 0.6) is 0 Å². The van der Waals surface area contributed by atoms with Crippen LogP contribution in [0.2, 0.25) is 0 Å². The highest BCUT2D eigenvalue weighted by molar-refractivity contribution is 6.05. The average Bonchev–Trinajstić information content (AvgIpc) is 2.90. The van der Waals surface area contributed by atoms with Gasteiger partial charge >= 0.3 is 0 Å². The number of carbonyl (C=O) groups excluding carboxylic acids is 1. The maximum absolute atomic E-state index is 13.1. The topological polar surface area (TPSA) is 127 Å². The molecule has 0 aromatic carbocycles. The minimum atomic E-state index is -0.385. The Bertz CT molecular complexity index is 1130. The van der Waals surface area contributed by atoms with Crippen molar-refractivity contribution in [1.29, 1.82) is 5.41 Å². The van der Waals surface area contributed by atoms with Crippen LogP contribution >= 0.6 is 0 Å². The summed E-state index contributed by atoms with van der Waals surface area (Å²) in [6.45, 7) is 9.03. The number of hydrogen-bond donors (Lipinski definition) is 4. The Labute approximate surface area is 219 Å². The number of pyridine rings is 1. The molecule has 3 heterocycles. The molecule has 3 rings (SSSR count). The summed E-state index contributed by atoms with van der Waals surface area (Å²) in [5, 5.41) is 23.8. The predicted octanol–water partition coefficient (Wildman–Crippen LogP) is 3.51. The molecule has 0 saturated carbocycles. The SMILES string of the molecule is C/C=C\C(=C/C(=N)CO)C(=O)N1CC[C@@H](NCCc2cnc(Nc3ccc(C)nc3)nc2CC)C[C@H]1C. The molecule has 0 bridgehead atoms. The Morgan fingerprint density at radius 2 is 2.11 bits per heavy atom. The first-order valence-corrected chi connectivity index (χ1v) is 13.0. The van der Waals surface area contributed by atoms with Gasteiger partial charge in [-0.2, -0.15) is 0 Å². The van der Waals surface area contributed by atoms with Crippen LogP contribution in [-0.4, -0.2) is 68.4 Å². The molecule has 0 unspecified atom stereocenters. The van der Waals surface area contributed by atoms with E-state index in [1.807, 2.05) is 37.1 Å². The maximum atomic E-state index is 13.1. The van der Waals surface area contributed by atoms with E-state index in [9.17, 15) is 9.90 Å². The summed E-state index contributed by atoms with van der Waals surface area (Å²) in [5.74, 6) is 0.479. The fourth-order valence-electron chi connectivity index (χ4n) is 4.52. The number of carbonyl (C=O) groups is 1. The number of nitrogens with one attached hydrogen (secondary N) is 3. The lowest BCUT2D eigenvalue weighted by Crippen LogP contribution is -2.50. The second kappa shape index (κ2) is 13.8. The van der Waals surface area contributed by atoms with E-state index in [0.717, 1.165) is 54.9 Å². The number of hydrogen-bond acceptors (Lipinski definition) is 8. The largest absolute Gasteiger partial charge is 0.390 e. The number of nitrogens with zero attached hydrogens (tertiary/aromatic N) is 4. The van der Waals surface area contributed by atoms with Crippen molar-refractivity contribution in [3.05, 3.63) is 65.3 Å². The van der Waals surface area contributed by atoms with Gasteiger partial charge in [0.25, 0.3) is 5.91 Å². The normalized spacial score (nSPS) is 18.3. The Kier molecular flexibility index (Phi) is 10.5. The molecule has 0 radical (unpaired) electrons. The molecule has 1 aliphatic rings. The second-order valence-corrected chi connectivity index (χ2v) is 9.39. The van der Waals surface area contributed by atoms with Crippen LogP contribution in [0.3, 0.4) is 0 Å². The fraction of sp³-hybridized carbons (Fsp3) is 0.464. The van der Waals surface area contributed by atoms with E-state index in [4.69, 9.17) is 10.4 Å². The molecule has 9 nitrogen and oxygen atoms in total. The molecular formula is C28H39N7O2. The number of piperidine rings is 1. The Morgan fingerprint density at radius 1 is 1.30 bits per heavy atom. The van der Waals surface area contributed by atoms with Crippen LogP contribution in [0.15, 0.2) is 48.3 Å². The first-order valence-electron chi connectivity index (χ1n) is 13.0. The standard InChI is InChI=1S/C28H39N7O2/c1-5-7-21(15-23(29)18-36)27(37)35-13-11-24(14-20(35)4)30-12-10-22-16-32-28(34-26(22)6-2)33-25-9-8-19(3)31-17-25/h5,7-9,15-17,20,24,29-30,36H,6,10-14,18H2,1-4H3,(H,32,33,34)/b7-5-,21-15+,29-23?/t20-,24-/m1/s1. The summed E-state index contributed by atoms with van der Waals surface area (Å²) < 4.78 is 0. The number of amides is 1. The maximum Gasteiger partial charge on any atom is 0.254 e. The first-order chi connectivity index (χ1) is 17.8. The van der Waals surface area contributed by atoms with Crippen LogP contribution < -0.4 is 10.6 Å². The molecular weight excluding hydrogens is 466 g/mol. The zero-order valence-corrected chi connectivity index (χ0v) is 22.3. The van der Waals surface area contributed by atoms with E-state index < -0.39 is 0 Å². The first kappa shape index (κ1) is 28.1. The fourth-order valence-corrected chi connectivity index (χ4v) is 4.52. The molecule has 9 heteroatoms. The number of anilines is 2. The van der Waals surface area contributed by atoms with Crippen molar-refractivity contribution >= 4 is 23.3 Å². The quantitative estimate of drug-likeness (QED) is 0.209. The van der Waals surface area contributed by atoms with Gasteiger partial charge in [0, 0.05) is 41.8 Å². The van der Waals surface area contributed by atoms with Crippen LogP contribution in [0.1, 0.15) is 50.6 Å². The molecule has 1 aliphatic heterocycles. The summed E-state index contributed by atoms with van der Waals surface area (Å²) in [7, 11) is 0. The summed E-state index contributed by atoms with van der Waals surface area (Å²) >= 11 is 0. The molecule has 198 valence electrons. The molecule has 0 spiro atoms. The summed E-state index contributed by atoms with van der Waals surface area (Å²) in [6, 6.07) is 4.31. The van der Waals surface area contributed by atoms with Gasteiger partial charge in [0.15, 0.2) is 0 Å². The lowest BCUT2D eigenvalue weighted by molar-refractivity contribution is -0.130.